The molecule has 39 heavy (non-hydrogen) atoms. The standard InChI is InChI=1S/C30H26FN3O5/c31-21-12-6-4-10-19(21)17-33-23-13-7-5-11-20(23)30(29(33)39)26-25(22(32-30)14-15-24(35)36)27(37)34(28(26)38)16-18-8-2-1-3-9-18/h1-13,22,25-26,32H,14-17H2,(H,35,36). The number of benzene rings is 3. The number of carbonyl (C=O) groups excluding carboxylic acids is 3. The fourth-order valence-electron chi connectivity index (χ4n) is 6.41. The molecule has 4 unspecified atom stereocenters. The van der Waals surface area contributed by atoms with Crippen molar-refractivity contribution in [3.8, 4) is 0 Å². The number of para-hydroxylation sites is 1. The highest BCUT2D eigenvalue weighted by Gasteiger charge is 2.71. The van der Waals surface area contributed by atoms with E-state index in [4.69, 9.17) is 0 Å². The Morgan fingerprint density at radius 1 is 0.872 bits per heavy atom. The second-order valence-electron chi connectivity index (χ2n) is 10.2. The van der Waals surface area contributed by atoms with E-state index in [2.05, 4.69) is 5.32 Å². The van der Waals surface area contributed by atoms with Crippen LogP contribution >= 0.6 is 0 Å². The molecule has 2 saturated heterocycles. The Morgan fingerprint density at radius 3 is 2.31 bits per heavy atom. The number of hydrogen-bond donors (Lipinski definition) is 2. The van der Waals surface area contributed by atoms with E-state index < -0.39 is 52.9 Å². The Hall–Kier alpha value is -4.37. The minimum Gasteiger partial charge on any atom is -0.481 e. The largest absolute Gasteiger partial charge is 0.481 e. The van der Waals surface area contributed by atoms with E-state index >= 15 is 0 Å². The Bertz CT molecular complexity index is 1490. The Kier molecular flexibility index (Phi) is 6.03. The molecule has 2 N–H and O–H groups in total. The van der Waals surface area contributed by atoms with Crippen molar-refractivity contribution in [1.82, 2.24) is 10.2 Å². The number of nitrogens with one attached hydrogen (secondary N) is 1. The molecule has 6 rings (SSSR count). The van der Waals surface area contributed by atoms with Gasteiger partial charge in [-0.1, -0.05) is 66.7 Å². The predicted octanol–water partition coefficient (Wildman–Crippen LogP) is 3.21. The van der Waals surface area contributed by atoms with Crippen molar-refractivity contribution >= 4 is 29.4 Å². The lowest BCUT2D eigenvalue weighted by Crippen LogP contribution is -2.55. The van der Waals surface area contributed by atoms with E-state index in [1.54, 1.807) is 42.5 Å². The van der Waals surface area contributed by atoms with E-state index in [1.807, 2.05) is 30.3 Å². The number of halogens is 1. The van der Waals surface area contributed by atoms with Crippen LogP contribution in [0.4, 0.5) is 10.1 Å². The van der Waals surface area contributed by atoms with E-state index in [0.29, 0.717) is 16.8 Å². The minimum absolute atomic E-state index is 0.0566. The average Bonchev–Trinajstić information content (AvgIpc) is 3.49. The monoisotopic (exact) mass is 527 g/mol. The first-order valence-electron chi connectivity index (χ1n) is 12.9. The van der Waals surface area contributed by atoms with Crippen molar-refractivity contribution in [2.45, 2.75) is 37.5 Å². The summed E-state index contributed by atoms with van der Waals surface area (Å²) in [5.74, 6) is -4.82. The highest BCUT2D eigenvalue weighted by atomic mass is 19.1. The number of aliphatic carboxylic acids is 1. The SMILES string of the molecule is O=C(O)CCC1NC2(C(=O)N(Cc3ccccc3F)c3ccccc32)C2C(=O)N(Cc3ccccc3)C(=O)C12. The number of fused-ring (bicyclic) bond motifs is 4. The lowest BCUT2D eigenvalue weighted by molar-refractivity contribution is -0.144. The summed E-state index contributed by atoms with van der Waals surface area (Å²) in [7, 11) is 0. The third-order valence-corrected chi connectivity index (χ3v) is 8.10. The maximum atomic E-state index is 14.6. The quantitative estimate of drug-likeness (QED) is 0.457. The molecule has 3 heterocycles. The molecule has 8 nitrogen and oxygen atoms in total. The van der Waals surface area contributed by atoms with Crippen LogP contribution in [0.1, 0.15) is 29.5 Å². The zero-order valence-corrected chi connectivity index (χ0v) is 20.9. The summed E-state index contributed by atoms with van der Waals surface area (Å²) in [5, 5.41) is 12.7. The highest BCUT2D eigenvalue weighted by molar-refractivity contribution is 6.16. The molecule has 198 valence electrons. The van der Waals surface area contributed by atoms with Crippen LogP contribution < -0.4 is 10.2 Å². The Morgan fingerprint density at radius 2 is 1.56 bits per heavy atom. The van der Waals surface area contributed by atoms with Gasteiger partial charge < -0.3 is 10.0 Å². The molecule has 3 aliphatic heterocycles. The Labute approximate surface area is 224 Å². The van der Waals surface area contributed by atoms with Gasteiger partial charge in [0.1, 0.15) is 11.4 Å². The molecular formula is C30H26FN3O5. The van der Waals surface area contributed by atoms with Gasteiger partial charge in [0.15, 0.2) is 0 Å². The lowest BCUT2D eigenvalue weighted by atomic mass is 9.76. The molecule has 0 aliphatic carbocycles. The van der Waals surface area contributed by atoms with Gasteiger partial charge in [-0.15, -0.1) is 0 Å². The molecule has 4 atom stereocenters. The van der Waals surface area contributed by atoms with E-state index in [1.165, 1.54) is 15.9 Å². The molecule has 9 heteroatoms. The van der Waals surface area contributed by atoms with Gasteiger partial charge in [-0.2, -0.15) is 0 Å². The van der Waals surface area contributed by atoms with Gasteiger partial charge in [-0.05, 0) is 24.1 Å². The molecule has 3 aromatic rings. The van der Waals surface area contributed by atoms with Crippen LogP contribution in [0.15, 0.2) is 78.9 Å². The first kappa shape index (κ1) is 24.9. The molecule has 2 fully saturated rings. The number of carboxylic acid groups (broad SMARTS) is 1. The van der Waals surface area contributed by atoms with Gasteiger partial charge in [0.2, 0.25) is 11.8 Å². The van der Waals surface area contributed by atoms with Gasteiger partial charge in [-0.3, -0.25) is 29.4 Å². The molecule has 0 bridgehead atoms. The molecule has 3 aromatic carbocycles. The molecule has 0 aromatic heterocycles. The predicted molar refractivity (Wildman–Crippen MR) is 138 cm³/mol. The number of carbonyl (C=O) groups is 4. The first-order valence-corrected chi connectivity index (χ1v) is 12.9. The summed E-state index contributed by atoms with van der Waals surface area (Å²) in [5.41, 5.74) is 0.560. The van der Waals surface area contributed by atoms with Gasteiger partial charge in [0.05, 0.1) is 24.9 Å². The van der Waals surface area contributed by atoms with Gasteiger partial charge >= 0.3 is 5.97 Å². The zero-order chi connectivity index (χ0) is 27.3. The number of nitrogens with zero attached hydrogens (tertiary/aromatic N) is 2. The number of anilines is 1. The van der Waals surface area contributed by atoms with Crippen LogP contribution in [0.5, 0.6) is 0 Å². The van der Waals surface area contributed by atoms with E-state index in [-0.39, 0.29) is 25.9 Å². The van der Waals surface area contributed by atoms with Crippen molar-refractivity contribution in [3.63, 3.8) is 0 Å². The summed E-state index contributed by atoms with van der Waals surface area (Å²) in [4.78, 5) is 56.3. The van der Waals surface area contributed by atoms with Crippen LogP contribution in [0.25, 0.3) is 0 Å². The van der Waals surface area contributed by atoms with Crippen molar-refractivity contribution in [2.75, 3.05) is 4.90 Å². The second-order valence-corrected chi connectivity index (χ2v) is 10.2. The highest BCUT2D eigenvalue weighted by Crippen LogP contribution is 2.55. The topological polar surface area (TPSA) is 107 Å². The molecule has 0 saturated carbocycles. The van der Waals surface area contributed by atoms with E-state index in [9.17, 15) is 28.7 Å². The first-order chi connectivity index (χ1) is 18.8. The maximum absolute atomic E-state index is 14.6. The molecule has 1 spiro atoms. The molecule has 3 aliphatic rings. The summed E-state index contributed by atoms with van der Waals surface area (Å²) >= 11 is 0. The van der Waals surface area contributed by atoms with Crippen molar-refractivity contribution in [2.24, 2.45) is 11.8 Å². The molecular weight excluding hydrogens is 501 g/mol. The summed E-state index contributed by atoms with van der Waals surface area (Å²) in [6, 6.07) is 21.6. The maximum Gasteiger partial charge on any atom is 0.303 e. The van der Waals surface area contributed by atoms with Crippen molar-refractivity contribution in [3.05, 3.63) is 101 Å². The van der Waals surface area contributed by atoms with Gasteiger partial charge in [0, 0.05) is 29.3 Å². The van der Waals surface area contributed by atoms with Crippen LogP contribution in [-0.4, -0.2) is 39.7 Å². The van der Waals surface area contributed by atoms with Crippen LogP contribution in [0, 0.1) is 17.7 Å². The molecule has 0 radical (unpaired) electrons. The normalized spacial score (nSPS) is 25.5. The minimum atomic E-state index is -1.58. The van der Waals surface area contributed by atoms with Crippen molar-refractivity contribution < 1.29 is 28.7 Å². The lowest BCUT2D eigenvalue weighted by Gasteiger charge is -2.30. The third-order valence-electron chi connectivity index (χ3n) is 8.10. The number of imide groups is 1. The Balaban J connectivity index is 1.44. The average molecular weight is 528 g/mol. The van der Waals surface area contributed by atoms with Crippen LogP contribution in [-0.2, 0) is 37.8 Å². The van der Waals surface area contributed by atoms with Gasteiger partial charge in [0.25, 0.3) is 5.91 Å². The number of amides is 3. The van der Waals surface area contributed by atoms with Crippen LogP contribution in [0.3, 0.4) is 0 Å². The molecule has 3 amide bonds. The van der Waals surface area contributed by atoms with Gasteiger partial charge in [-0.25, -0.2) is 4.39 Å². The number of likely N-dealkylation sites (tertiary alicyclic amines) is 1. The summed E-state index contributed by atoms with van der Waals surface area (Å²) < 4.78 is 14.6. The van der Waals surface area contributed by atoms with E-state index in [0.717, 1.165) is 5.56 Å². The number of carboxylic acids is 1. The fourth-order valence-corrected chi connectivity index (χ4v) is 6.41. The smallest absolute Gasteiger partial charge is 0.303 e. The van der Waals surface area contributed by atoms with Crippen molar-refractivity contribution in [1.29, 1.82) is 0 Å². The second kappa shape index (κ2) is 9.43. The summed E-state index contributed by atoms with van der Waals surface area (Å²) in [6.45, 7) is 0.00100. The van der Waals surface area contributed by atoms with Crippen LogP contribution in [0.2, 0.25) is 0 Å². The number of rotatable bonds is 7. The zero-order valence-electron chi connectivity index (χ0n) is 20.9. The summed E-state index contributed by atoms with van der Waals surface area (Å²) in [6.07, 6.45) is -0.162. The number of hydrogen-bond acceptors (Lipinski definition) is 5. The fraction of sp³-hybridized carbons (Fsp3) is 0.267. The third kappa shape index (κ3) is 3.84.